The van der Waals surface area contributed by atoms with E-state index in [4.69, 9.17) is 9.47 Å². The first-order valence-electron chi connectivity index (χ1n) is 12.7. The first-order chi connectivity index (χ1) is 17.1. The van der Waals surface area contributed by atoms with Crippen LogP contribution < -0.4 is 0 Å². The Balaban J connectivity index is 1.39. The smallest absolute Gasteiger partial charge is 0.410 e. The van der Waals surface area contributed by atoms with Crippen molar-refractivity contribution in [1.29, 1.82) is 0 Å². The Labute approximate surface area is 207 Å². The molecule has 2 fully saturated rings. The third-order valence-corrected chi connectivity index (χ3v) is 7.88. The van der Waals surface area contributed by atoms with Crippen molar-refractivity contribution < 1.29 is 19.1 Å². The fourth-order valence-corrected chi connectivity index (χ4v) is 6.31. The highest BCUT2D eigenvalue weighted by atomic mass is 16.6. The Hall–Kier alpha value is -3.12. The summed E-state index contributed by atoms with van der Waals surface area (Å²) in [5.41, 5.74) is 2.86. The molecular weight excluding hydrogens is 440 g/mol. The van der Waals surface area contributed by atoms with Crippen LogP contribution in [0.15, 0.2) is 72.3 Å². The van der Waals surface area contributed by atoms with Gasteiger partial charge >= 0.3 is 6.09 Å². The SMILES string of the molecule is CCOC(=O)N1CC[C@]23C(=O)N(Cc4ccccc4)CC[C@@H]2C(COCc2ccccc2)=CC[C@H]13. The number of carbonyl (C=O) groups is 2. The van der Waals surface area contributed by atoms with Crippen LogP contribution in [0.3, 0.4) is 0 Å². The number of ether oxygens (including phenoxy) is 2. The Morgan fingerprint density at radius 2 is 1.71 bits per heavy atom. The predicted molar refractivity (Wildman–Crippen MR) is 133 cm³/mol. The Bertz CT molecular complexity index is 1070. The second kappa shape index (κ2) is 10.2. The van der Waals surface area contributed by atoms with Crippen molar-refractivity contribution in [2.24, 2.45) is 11.3 Å². The van der Waals surface area contributed by atoms with Gasteiger partial charge in [-0.3, -0.25) is 4.79 Å². The van der Waals surface area contributed by atoms with E-state index in [9.17, 15) is 9.59 Å². The number of rotatable bonds is 7. The van der Waals surface area contributed by atoms with E-state index in [1.54, 1.807) is 4.90 Å². The summed E-state index contributed by atoms with van der Waals surface area (Å²) in [5.74, 6) is 0.249. The van der Waals surface area contributed by atoms with Crippen molar-refractivity contribution in [3.63, 3.8) is 0 Å². The Kier molecular flexibility index (Phi) is 6.91. The van der Waals surface area contributed by atoms with Crippen LogP contribution in [0.5, 0.6) is 0 Å². The van der Waals surface area contributed by atoms with Gasteiger partial charge < -0.3 is 19.3 Å². The molecule has 3 aliphatic rings. The van der Waals surface area contributed by atoms with Gasteiger partial charge in [0.1, 0.15) is 0 Å². The molecule has 2 saturated heterocycles. The number of benzene rings is 2. The minimum Gasteiger partial charge on any atom is -0.450 e. The molecule has 0 radical (unpaired) electrons. The molecule has 0 aromatic heterocycles. The minimum atomic E-state index is -0.611. The third-order valence-electron chi connectivity index (χ3n) is 7.88. The van der Waals surface area contributed by atoms with Gasteiger partial charge in [-0.2, -0.15) is 0 Å². The largest absolute Gasteiger partial charge is 0.450 e. The van der Waals surface area contributed by atoms with Crippen molar-refractivity contribution in [2.75, 3.05) is 26.3 Å². The van der Waals surface area contributed by atoms with Gasteiger partial charge in [0.15, 0.2) is 0 Å². The van der Waals surface area contributed by atoms with Crippen LogP contribution in [0.25, 0.3) is 0 Å². The van der Waals surface area contributed by atoms with Crippen molar-refractivity contribution in [1.82, 2.24) is 9.80 Å². The van der Waals surface area contributed by atoms with Gasteiger partial charge in [-0.05, 0) is 42.9 Å². The fourth-order valence-electron chi connectivity index (χ4n) is 6.31. The van der Waals surface area contributed by atoms with E-state index in [1.807, 2.05) is 48.2 Å². The van der Waals surface area contributed by atoms with Gasteiger partial charge in [0, 0.05) is 25.6 Å². The second-order valence-electron chi connectivity index (χ2n) is 9.75. The molecule has 6 heteroatoms. The quantitative estimate of drug-likeness (QED) is 0.541. The molecule has 0 saturated carbocycles. The number of hydrogen-bond donors (Lipinski definition) is 0. The summed E-state index contributed by atoms with van der Waals surface area (Å²) in [6.45, 7) is 5.08. The van der Waals surface area contributed by atoms with Crippen LogP contribution in [0.1, 0.15) is 37.3 Å². The molecule has 2 amide bonds. The molecule has 0 bridgehead atoms. The van der Waals surface area contributed by atoms with Crippen molar-refractivity contribution in [2.45, 2.75) is 45.4 Å². The van der Waals surface area contributed by atoms with Crippen molar-refractivity contribution in [3.8, 4) is 0 Å². The summed E-state index contributed by atoms with van der Waals surface area (Å²) in [4.78, 5) is 30.8. The zero-order chi connectivity index (χ0) is 24.3. The number of amides is 2. The first kappa shape index (κ1) is 23.6. The topological polar surface area (TPSA) is 59.1 Å². The number of likely N-dealkylation sites (tertiary alicyclic amines) is 2. The molecule has 1 aliphatic carbocycles. The molecule has 2 heterocycles. The summed E-state index contributed by atoms with van der Waals surface area (Å²) in [6.07, 6.45) is 4.12. The highest BCUT2D eigenvalue weighted by Crippen LogP contribution is 2.55. The predicted octanol–water partition coefficient (Wildman–Crippen LogP) is 4.80. The molecule has 5 rings (SSSR count). The average Bonchev–Trinajstić information content (AvgIpc) is 3.28. The van der Waals surface area contributed by atoms with Crippen LogP contribution in [-0.2, 0) is 27.4 Å². The molecule has 0 unspecified atom stereocenters. The molecule has 2 aromatic carbocycles. The lowest BCUT2D eigenvalue weighted by Crippen LogP contribution is -2.60. The van der Waals surface area contributed by atoms with E-state index in [1.165, 1.54) is 5.57 Å². The highest BCUT2D eigenvalue weighted by molar-refractivity contribution is 5.87. The van der Waals surface area contributed by atoms with Gasteiger partial charge in [0.05, 0.1) is 31.3 Å². The molecule has 35 heavy (non-hydrogen) atoms. The molecule has 0 N–H and O–H groups in total. The summed E-state index contributed by atoms with van der Waals surface area (Å²) >= 11 is 0. The van der Waals surface area contributed by atoms with E-state index >= 15 is 0 Å². The number of nitrogens with zero attached hydrogens (tertiary/aromatic N) is 2. The van der Waals surface area contributed by atoms with Crippen molar-refractivity contribution >= 4 is 12.0 Å². The van der Waals surface area contributed by atoms with Crippen molar-refractivity contribution in [3.05, 3.63) is 83.4 Å². The van der Waals surface area contributed by atoms with Gasteiger partial charge in [0.25, 0.3) is 0 Å². The molecule has 2 aliphatic heterocycles. The van der Waals surface area contributed by atoms with Crippen LogP contribution in [0.4, 0.5) is 4.79 Å². The lowest BCUT2D eigenvalue weighted by Gasteiger charge is -2.51. The third kappa shape index (κ3) is 4.47. The lowest BCUT2D eigenvalue weighted by atomic mass is 9.59. The van der Waals surface area contributed by atoms with Gasteiger partial charge in [0.2, 0.25) is 5.91 Å². The maximum Gasteiger partial charge on any atom is 0.410 e. The second-order valence-corrected chi connectivity index (χ2v) is 9.75. The zero-order valence-corrected chi connectivity index (χ0v) is 20.4. The summed E-state index contributed by atoms with van der Waals surface area (Å²) in [5, 5.41) is 0. The normalized spacial score (nSPS) is 25.6. The van der Waals surface area contributed by atoms with Crippen LogP contribution in [0, 0.1) is 11.3 Å². The standard InChI is InChI=1S/C29H34N2O4/c1-2-35-28(33)31-18-16-29-25(15-17-30(27(29)32)19-22-9-5-3-6-10-22)24(13-14-26(29)31)21-34-20-23-11-7-4-8-12-23/h3-13,25-26H,2,14-21H2,1H3/t25-,26+,29+/m1/s1. The lowest BCUT2D eigenvalue weighted by molar-refractivity contribution is -0.153. The van der Waals surface area contributed by atoms with E-state index in [2.05, 4.69) is 30.3 Å². The fraction of sp³-hybridized carbons (Fsp3) is 0.448. The molecule has 6 nitrogen and oxygen atoms in total. The monoisotopic (exact) mass is 474 g/mol. The van der Waals surface area contributed by atoms with E-state index in [0.717, 1.165) is 17.5 Å². The van der Waals surface area contributed by atoms with Gasteiger partial charge in [-0.25, -0.2) is 4.79 Å². The number of carbonyl (C=O) groups excluding carboxylic acids is 2. The zero-order valence-electron chi connectivity index (χ0n) is 20.4. The van der Waals surface area contributed by atoms with Crippen LogP contribution in [0.2, 0.25) is 0 Å². The summed E-state index contributed by atoms with van der Waals surface area (Å²) < 4.78 is 11.5. The molecule has 184 valence electrons. The molecule has 2 aromatic rings. The van der Waals surface area contributed by atoms with E-state index in [-0.39, 0.29) is 24.0 Å². The number of hydrogen-bond acceptors (Lipinski definition) is 4. The van der Waals surface area contributed by atoms with Crippen LogP contribution >= 0.6 is 0 Å². The summed E-state index contributed by atoms with van der Waals surface area (Å²) in [6, 6.07) is 20.1. The average molecular weight is 475 g/mol. The molecular formula is C29H34N2O4. The summed E-state index contributed by atoms with van der Waals surface area (Å²) in [7, 11) is 0. The molecule has 1 spiro atoms. The van der Waals surface area contributed by atoms with E-state index < -0.39 is 5.41 Å². The van der Waals surface area contributed by atoms with E-state index in [0.29, 0.717) is 52.3 Å². The maximum atomic E-state index is 14.2. The van der Waals surface area contributed by atoms with Gasteiger partial charge in [-0.1, -0.05) is 66.7 Å². The van der Waals surface area contributed by atoms with Crippen LogP contribution in [-0.4, -0.2) is 54.1 Å². The highest BCUT2D eigenvalue weighted by Gasteiger charge is 2.62. The Morgan fingerprint density at radius 3 is 2.43 bits per heavy atom. The number of piperidine rings is 1. The molecule has 3 atom stereocenters. The first-order valence-corrected chi connectivity index (χ1v) is 12.7. The Morgan fingerprint density at radius 1 is 1.00 bits per heavy atom. The minimum absolute atomic E-state index is 0.0796. The maximum absolute atomic E-state index is 14.2. The van der Waals surface area contributed by atoms with Gasteiger partial charge in [-0.15, -0.1) is 0 Å².